The van der Waals surface area contributed by atoms with Crippen molar-refractivity contribution in [3.8, 4) is 5.88 Å². The lowest BCUT2D eigenvalue weighted by molar-refractivity contribution is 0.198. The maximum absolute atomic E-state index is 5.96. The third-order valence-corrected chi connectivity index (χ3v) is 3.00. The molecular weight excluding hydrogens is 186 g/mol. The van der Waals surface area contributed by atoms with E-state index in [4.69, 9.17) is 4.74 Å². The zero-order valence-electron chi connectivity index (χ0n) is 9.57. The SMILES string of the molecule is CC(C)c1cccnc1OC1CCCC1. The molecule has 1 saturated carbocycles. The molecule has 0 atom stereocenters. The zero-order valence-corrected chi connectivity index (χ0v) is 9.57. The molecule has 1 aromatic rings. The van der Waals surface area contributed by atoms with Gasteiger partial charge in [0, 0.05) is 11.8 Å². The van der Waals surface area contributed by atoms with Gasteiger partial charge >= 0.3 is 0 Å². The molecule has 1 aliphatic carbocycles. The quantitative estimate of drug-likeness (QED) is 0.753. The molecule has 2 heteroatoms. The molecule has 1 fully saturated rings. The number of rotatable bonds is 3. The molecule has 0 aromatic carbocycles. The maximum Gasteiger partial charge on any atom is 0.217 e. The standard InChI is InChI=1S/C13H19NO/c1-10(2)12-8-5-9-14-13(12)15-11-6-3-4-7-11/h5,8-11H,3-4,6-7H2,1-2H3. The molecule has 0 radical (unpaired) electrons. The fourth-order valence-electron chi connectivity index (χ4n) is 2.11. The third-order valence-electron chi connectivity index (χ3n) is 3.00. The number of nitrogens with zero attached hydrogens (tertiary/aromatic N) is 1. The van der Waals surface area contributed by atoms with Gasteiger partial charge in [-0.2, -0.15) is 0 Å². The van der Waals surface area contributed by atoms with Crippen molar-refractivity contribution in [2.75, 3.05) is 0 Å². The van der Waals surface area contributed by atoms with E-state index in [9.17, 15) is 0 Å². The van der Waals surface area contributed by atoms with Crippen LogP contribution in [0.25, 0.3) is 0 Å². The summed E-state index contributed by atoms with van der Waals surface area (Å²) in [4.78, 5) is 4.34. The molecule has 0 bridgehead atoms. The summed E-state index contributed by atoms with van der Waals surface area (Å²) in [6, 6.07) is 4.10. The van der Waals surface area contributed by atoms with Crippen LogP contribution in [0.5, 0.6) is 5.88 Å². The smallest absolute Gasteiger partial charge is 0.217 e. The summed E-state index contributed by atoms with van der Waals surface area (Å²) in [5.41, 5.74) is 1.23. The van der Waals surface area contributed by atoms with Crippen molar-refractivity contribution in [3.63, 3.8) is 0 Å². The van der Waals surface area contributed by atoms with Gasteiger partial charge in [-0.1, -0.05) is 19.9 Å². The molecule has 0 spiro atoms. The van der Waals surface area contributed by atoms with Crippen LogP contribution in [0.1, 0.15) is 51.0 Å². The minimum atomic E-state index is 0.400. The van der Waals surface area contributed by atoms with Crippen molar-refractivity contribution in [2.45, 2.75) is 51.6 Å². The van der Waals surface area contributed by atoms with Crippen molar-refractivity contribution in [1.82, 2.24) is 4.98 Å². The first-order chi connectivity index (χ1) is 7.27. The van der Waals surface area contributed by atoms with Gasteiger partial charge in [-0.25, -0.2) is 4.98 Å². The highest BCUT2D eigenvalue weighted by molar-refractivity contribution is 5.28. The normalized spacial score (nSPS) is 17.3. The van der Waals surface area contributed by atoms with Crippen molar-refractivity contribution >= 4 is 0 Å². The fourth-order valence-corrected chi connectivity index (χ4v) is 2.11. The van der Waals surface area contributed by atoms with Crippen LogP contribution >= 0.6 is 0 Å². The van der Waals surface area contributed by atoms with Gasteiger partial charge in [-0.05, 0) is 37.7 Å². The van der Waals surface area contributed by atoms with Gasteiger partial charge in [-0.3, -0.25) is 0 Å². The van der Waals surface area contributed by atoms with E-state index in [1.165, 1.54) is 31.2 Å². The molecule has 2 rings (SSSR count). The van der Waals surface area contributed by atoms with Gasteiger partial charge in [0.2, 0.25) is 5.88 Å². The lowest BCUT2D eigenvalue weighted by atomic mass is 10.1. The van der Waals surface area contributed by atoms with Gasteiger partial charge in [0.15, 0.2) is 0 Å². The summed E-state index contributed by atoms with van der Waals surface area (Å²) in [5, 5.41) is 0. The Balaban J connectivity index is 2.12. The van der Waals surface area contributed by atoms with Crippen LogP contribution in [-0.2, 0) is 0 Å². The molecule has 0 unspecified atom stereocenters. The van der Waals surface area contributed by atoms with Crippen LogP contribution in [-0.4, -0.2) is 11.1 Å². The Labute approximate surface area is 91.7 Å². The van der Waals surface area contributed by atoms with Gasteiger partial charge < -0.3 is 4.74 Å². The summed E-state index contributed by atoms with van der Waals surface area (Å²) in [6.45, 7) is 4.36. The number of pyridine rings is 1. The summed E-state index contributed by atoms with van der Waals surface area (Å²) in [7, 11) is 0. The number of hydrogen-bond donors (Lipinski definition) is 0. The van der Waals surface area contributed by atoms with Crippen molar-refractivity contribution in [3.05, 3.63) is 23.9 Å². The topological polar surface area (TPSA) is 22.1 Å². The summed E-state index contributed by atoms with van der Waals surface area (Å²) in [5.74, 6) is 1.33. The average molecular weight is 205 g/mol. The minimum absolute atomic E-state index is 0.400. The Morgan fingerprint density at radius 2 is 2.07 bits per heavy atom. The van der Waals surface area contributed by atoms with Crippen LogP contribution in [0.3, 0.4) is 0 Å². The van der Waals surface area contributed by atoms with Crippen LogP contribution < -0.4 is 4.74 Å². The fraction of sp³-hybridized carbons (Fsp3) is 0.615. The second kappa shape index (κ2) is 4.65. The van der Waals surface area contributed by atoms with E-state index in [0.29, 0.717) is 12.0 Å². The maximum atomic E-state index is 5.96. The number of hydrogen-bond acceptors (Lipinski definition) is 2. The highest BCUT2D eigenvalue weighted by atomic mass is 16.5. The molecule has 1 aliphatic rings. The summed E-state index contributed by atoms with van der Waals surface area (Å²) in [6.07, 6.45) is 7.19. The first-order valence-electron chi connectivity index (χ1n) is 5.89. The van der Waals surface area contributed by atoms with E-state index >= 15 is 0 Å². The van der Waals surface area contributed by atoms with Crippen molar-refractivity contribution < 1.29 is 4.74 Å². The summed E-state index contributed by atoms with van der Waals surface area (Å²) >= 11 is 0. The summed E-state index contributed by atoms with van der Waals surface area (Å²) < 4.78 is 5.96. The van der Waals surface area contributed by atoms with E-state index in [-0.39, 0.29) is 0 Å². The molecule has 2 nitrogen and oxygen atoms in total. The first kappa shape index (κ1) is 10.5. The van der Waals surface area contributed by atoms with E-state index in [2.05, 4.69) is 24.9 Å². The molecule has 1 aromatic heterocycles. The Hall–Kier alpha value is -1.05. The average Bonchev–Trinajstić information content (AvgIpc) is 2.71. The van der Waals surface area contributed by atoms with Gasteiger partial charge in [0.25, 0.3) is 0 Å². The second-order valence-corrected chi connectivity index (χ2v) is 4.58. The molecule has 0 aliphatic heterocycles. The molecule has 1 heterocycles. The predicted molar refractivity (Wildman–Crippen MR) is 61.2 cm³/mol. The zero-order chi connectivity index (χ0) is 10.7. The molecule has 15 heavy (non-hydrogen) atoms. The van der Waals surface area contributed by atoms with E-state index in [1.54, 1.807) is 0 Å². The highest BCUT2D eigenvalue weighted by Crippen LogP contribution is 2.28. The number of aromatic nitrogens is 1. The van der Waals surface area contributed by atoms with Crippen LogP contribution in [0.2, 0.25) is 0 Å². The molecular formula is C13H19NO. The van der Waals surface area contributed by atoms with Gasteiger partial charge in [-0.15, -0.1) is 0 Å². The minimum Gasteiger partial charge on any atom is -0.474 e. The Bertz CT molecular complexity index is 316. The molecule has 0 saturated heterocycles. The lowest BCUT2D eigenvalue weighted by Crippen LogP contribution is -2.13. The Morgan fingerprint density at radius 3 is 2.73 bits per heavy atom. The molecule has 0 N–H and O–H groups in total. The monoisotopic (exact) mass is 205 g/mol. The second-order valence-electron chi connectivity index (χ2n) is 4.58. The van der Waals surface area contributed by atoms with E-state index in [0.717, 1.165) is 5.88 Å². The number of ether oxygens (including phenoxy) is 1. The largest absolute Gasteiger partial charge is 0.474 e. The van der Waals surface area contributed by atoms with Crippen LogP contribution in [0.4, 0.5) is 0 Å². The van der Waals surface area contributed by atoms with Gasteiger partial charge in [0.1, 0.15) is 6.10 Å². The van der Waals surface area contributed by atoms with Crippen molar-refractivity contribution in [1.29, 1.82) is 0 Å². The predicted octanol–water partition coefficient (Wildman–Crippen LogP) is 3.53. The van der Waals surface area contributed by atoms with E-state index in [1.807, 2.05) is 12.3 Å². The Morgan fingerprint density at radius 1 is 1.33 bits per heavy atom. The lowest BCUT2D eigenvalue weighted by Gasteiger charge is -2.16. The highest BCUT2D eigenvalue weighted by Gasteiger charge is 2.19. The molecule has 0 amide bonds. The van der Waals surface area contributed by atoms with Crippen molar-refractivity contribution in [2.24, 2.45) is 0 Å². The van der Waals surface area contributed by atoms with Crippen LogP contribution in [0, 0.1) is 0 Å². The van der Waals surface area contributed by atoms with Gasteiger partial charge in [0.05, 0.1) is 0 Å². The van der Waals surface area contributed by atoms with Crippen LogP contribution in [0.15, 0.2) is 18.3 Å². The van der Waals surface area contributed by atoms with E-state index < -0.39 is 0 Å². The Kier molecular flexibility index (Phi) is 3.24. The molecule has 82 valence electrons. The third kappa shape index (κ3) is 2.49. The first-order valence-corrected chi connectivity index (χ1v) is 5.89.